The van der Waals surface area contributed by atoms with E-state index in [0.29, 0.717) is 61.2 Å². The van der Waals surface area contributed by atoms with Crippen molar-refractivity contribution in [1.29, 1.82) is 0 Å². The largest absolute Gasteiger partial charge is 0.486 e. The average molecular weight is 422 g/mol. The van der Waals surface area contributed by atoms with Gasteiger partial charge in [-0.1, -0.05) is 44.7 Å². The van der Waals surface area contributed by atoms with Gasteiger partial charge < -0.3 is 14.4 Å². The molecule has 1 unspecified atom stereocenters. The summed E-state index contributed by atoms with van der Waals surface area (Å²) in [6.07, 6.45) is 5.78. The molecule has 0 aromatic heterocycles. The normalized spacial score (nSPS) is 18.9. The summed E-state index contributed by atoms with van der Waals surface area (Å²) >= 11 is 6.10. The van der Waals surface area contributed by atoms with Crippen molar-refractivity contribution >= 4 is 23.5 Å². The highest BCUT2D eigenvalue weighted by Crippen LogP contribution is 2.42. The second-order valence-electron chi connectivity index (χ2n) is 8.46. The van der Waals surface area contributed by atoms with Crippen molar-refractivity contribution in [3.8, 4) is 5.75 Å². The lowest BCUT2D eigenvalue weighted by atomic mass is 9.82. The lowest BCUT2D eigenvalue weighted by Crippen LogP contribution is -2.52. The quantitative estimate of drug-likeness (QED) is 0.582. The van der Waals surface area contributed by atoms with Gasteiger partial charge in [0.25, 0.3) is 0 Å². The van der Waals surface area contributed by atoms with Crippen molar-refractivity contribution in [2.24, 2.45) is 5.92 Å². The standard InChI is InChI=1S/C23H32ClNO4/c1-4-6-7-17(5-2)15-28-22(27)25-10-8-23(9-11-25)14-20(26)19-13-18(24)12-16(3)21(19)29-23/h12-13,17H,4-11,14-15H2,1-3H3. The third-order valence-electron chi connectivity index (χ3n) is 6.26. The van der Waals surface area contributed by atoms with Crippen LogP contribution >= 0.6 is 11.6 Å². The van der Waals surface area contributed by atoms with Crippen molar-refractivity contribution in [2.45, 2.75) is 71.3 Å². The molecule has 1 spiro atoms. The minimum Gasteiger partial charge on any atom is -0.486 e. The Labute approximate surface area is 178 Å². The molecule has 1 amide bonds. The number of amides is 1. The van der Waals surface area contributed by atoms with Gasteiger partial charge in [-0.25, -0.2) is 4.79 Å². The van der Waals surface area contributed by atoms with E-state index in [1.807, 2.05) is 13.0 Å². The molecule has 1 saturated heterocycles. The van der Waals surface area contributed by atoms with Gasteiger partial charge in [0.05, 0.1) is 18.6 Å². The zero-order valence-electron chi connectivity index (χ0n) is 17.8. The summed E-state index contributed by atoms with van der Waals surface area (Å²) in [5.74, 6) is 1.14. The Morgan fingerprint density at radius 3 is 2.69 bits per heavy atom. The fourth-order valence-corrected chi connectivity index (χ4v) is 4.54. The van der Waals surface area contributed by atoms with Gasteiger partial charge in [-0.2, -0.15) is 0 Å². The molecule has 160 valence electrons. The van der Waals surface area contributed by atoms with Crippen LogP contribution in [0.4, 0.5) is 4.79 Å². The number of likely N-dealkylation sites (tertiary alicyclic amines) is 1. The minimum atomic E-state index is -0.535. The first kappa shape index (κ1) is 21.9. The Hall–Kier alpha value is -1.75. The molecule has 0 N–H and O–H groups in total. The van der Waals surface area contributed by atoms with E-state index < -0.39 is 5.60 Å². The smallest absolute Gasteiger partial charge is 0.409 e. The molecule has 6 heteroatoms. The Kier molecular flexibility index (Phi) is 7.10. The van der Waals surface area contributed by atoms with Crippen LogP contribution in [0.5, 0.6) is 5.75 Å². The van der Waals surface area contributed by atoms with Crippen LogP contribution in [0.1, 0.15) is 74.7 Å². The topological polar surface area (TPSA) is 55.8 Å². The monoisotopic (exact) mass is 421 g/mol. The van der Waals surface area contributed by atoms with E-state index in [4.69, 9.17) is 21.1 Å². The summed E-state index contributed by atoms with van der Waals surface area (Å²) in [6.45, 7) is 7.79. The van der Waals surface area contributed by atoms with E-state index >= 15 is 0 Å². The lowest BCUT2D eigenvalue weighted by Gasteiger charge is -2.44. The van der Waals surface area contributed by atoms with Crippen molar-refractivity contribution in [3.63, 3.8) is 0 Å². The third-order valence-corrected chi connectivity index (χ3v) is 6.48. The molecule has 0 bridgehead atoms. The molecule has 1 aromatic carbocycles. The van der Waals surface area contributed by atoms with Crippen LogP contribution in [0.25, 0.3) is 0 Å². The lowest BCUT2D eigenvalue weighted by molar-refractivity contribution is -0.0110. The van der Waals surface area contributed by atoms with Gasteiger partial charge in [0.1, 0.15) is 11.4 Å². The summed E-state index contributed by atoms with van der Waals surface area (Å²) in [7, 11) is 0. The number of rotatable bonds is 6. The molecule has 2 heterocycles. The van der Waals surface area contributed by atoms with Crippen LogP contribution in [0.2, 0.25) is 5.02 Å². The number of ketones is 1. The highest BCUT2D eigenvalue weighted by molar-refractivity contribution is 6.31. The Bertz CT molecular complexity index is 755. The first-order valence-electron chi connectivity index (χ1n) is 10.8. The van der Waals surface area contributed by atoms with Crippen LogP contribution in [-0.4, -0.2) is 42.1 Å². The van der Waals surface area contributed by atoms with Gasteiger partial charge in [0.15, 0.2) is 5.78 Å². The zero-order chi connectivity index (χ0) is 21.0. The molecule has 0 aliphatic carbocycles. The van der Waals surface area contributed by atoms with Gasteiger partial charge in [0, 0.05) is 31.0 Å². The summed E-state index contributed by atoms with van der Waals surface area (Å²) < 4.78 is 11.9. The molecule has 2 aliphatic rings. The van der Waals surface area contributed by atoms with Gasteiger partial charge in [-0.15, -0.1) is 0 Å². The Balaban J connectivity index is 1.57. The molecule has 0 saturated carbocycles. The van der Waals surface area contributed by atoms with E-state index in [-0.39, 0.29) is 11.9 Å². The van der Waals surface area contributed by atoms with E-state index in [2.05, 4.69) is 13.8 Å². The van der Waals surface area contributed by atoms with E-state index in [9.17, 15) is 9.59 Å². The highest BCUT2D eigenvalue weighted by atomic mass is 35.5. The average Bonchev–Trinajstić information content (AvgIpc) is 2.70. The summed E-state index contributed by atoms with van der Waals surface area (Å²) in [5, 5.41) is 0.552. The number of benzene rings is 1. The molecule has 0 radical (unpaired) electrons. The number of carbonyl (C=O) groups excluding carboxylic acids is 2. The van der Waals surface area contributed by atoms with E-state index in [0.717, 1.165) is 24.8 Å². The van der Waals surface area contributed by atoms with Gasteiger partial charge in [-0.3, -0.25) is 4.79 Å². The van der Waals surface area contributed by atoms with Gasteiger partial charge in [-0.05, 0) is 37.0 Å². The molecule has 5 nitrogen and oxygen atoms in total. The Morgan fingerprint density at radius 2 is 2.03 bits per heavy atom. The number of unbranched alkanes of at least 4 members (excludes halogenated alkanes) is 1. The maximum absolute atomic E-state index is 12.7. The van der Waals surface area contributed by atoms with Crippen LogP contribution in [-0.2, 0) is 4.74 Å². The number of nitrogens with zero attached hydrogens (tertiary/aromatic N) is 1. The number of ether oxygens (including phenoxy) is 2. The van der Waals surface area contributed by atoms with Crippen molar-refractivity contribution in [1.82, 2.24) is 4.90 Å². The SMILES string of the molecule is CCCCC(CC)COC(=O)N1CCC2(CC1)CC(=O)c1cc(Cl)cc(C)c1O2. The van der Waals surface area contributed by atoms with Crippen LogP contribution in [0.15, 0.2) is 12.1 Å². The second kappa shape index (κ2) is 9.38. The number of piperidine rings is 1. The minimum absolute atomic E-state index is 0.0644. The van der Waals surface area contributed by atoms with E-state index in [1.54, 1.807) is 11.0 Å². The van der Waals surface area contributed by atoms with Crippen molar-refractivity contribution in [3.05, 3.63) is 28.3 Å². The number of carbonyl (C=O) groups is 2. The molecular formula is C23H32ClNO4. The first-order chi connectivity index (χ1) is 13.9. The molecule has 2 aliphatic heterocycles. The molecular weight excluding hydrogens is 390 g/mol. The van der Waals surface area contributed by atoms with Crippen LogP contribution in [0.3, 0.4) is 0 Å². The van der Waals surface area contributed by atoms with Crippen LogP contribution in [0, 0.1) is 12.8 Å². The fourth-order valence-electron chi connectivity index (χ4n) is 4.27. The second-order valence-corrected chi connectivity index (χ2v) is 8.90. The summed E-state index contributed by atoms with van der Waals surface area (Å²) in [6, 6.07) is 3.51. The number of fused-ring (bicyclic) bond motifs is 1. The Morgan fingerprint density at radius 1 is 1.31 bits per heavy atom. The van der Waals surface area contributed by atoms with Gasteiger partial charge in [0.2, 0.25) is 0 Å². The number of hydrogen-bond donors (Lipinski definition) is 0. The summed E-state index contributed by atoms with van der Waals surface area (Å²) in [4.78, 5) is 27.0. The molecule has 1 fully saturated rings. The zero-order valence-corrected chi connectivity index (χ0v) is 18.5. The first-order valence-corrected chi connectivity index (χ1v) is 11.2. The summed E-state index contributed by atoms with van der Waals surface area (Å²) in [5.41, 5.74) is 0.909. The fraction of sp³-hybridized carbons (Fsp3) is 0.652. The predicted molar refractivity (Wildman–Crippen MR) is 114 cm³/mol. The molecule has 29 heavy (non-hydrogen) atoms. The molecule has 1 atom stereocenters. The third kappa shape index (κ3) is 5.06. The molecule has 1 aromatic rings. The maximum Gasteiger partial charge on any atom is 0.409 e. The van der Waals surface area contributed by atoms with Crippen molar-refractivity contribution < 1.29 is 19.1 Å². The number of Topliss-reactive ketones (excluding diaryl/α,β-unsaturated/α-hetero) is 1. The molecule has 3 rings (SSSR count). The van der Waals surface area contributed by atoms with Crippen molar-refractivity contribution in [2.75, 3.05) is 19.7 Å². The van der Waals surface area contributed by atoms with Crippen LogP contribution < -0.4 is 4.74 Å². The highest BCUT2D eigenvalue weighted by Gasteiger charge is 2.44. The number of hydrogen-bond acceptors (Lipinski definition) is 4. The van der Waals surface area contributed by atoms with Gasteiger partial charge >= 0.3 is 6.09 Å². The number of aryl methyl sites for hydroxylation is 1. The van der Waals surface area contributed by atoms with E-state index in [1.165, 1.54) is 6.42 Å². The maximum atomic E-state index is 12.7. The predicted octanol–water partition coefficient (Wildman–Crippen LogP) is 5.80. The number of halogens is 1.